The number of thioether (sulfide) groups is 1. The van der Waals surface area contributed by atoms with E-state index < -0.39 is 43.6 Å². The average molecular weight is 1030 g/mol. The van der Waals surface area contributed by atoms with Crippen molar-refractivity contribution in [3.63, 3.8) is 0 Å². The molecule has 1 unspecified atom stereocenters. The van der Waals surface area contributed by atoms with Crippen molar-refractivity contribution in [1.82, 2.24) is 14.8 Å². The minimum Gasteiger partial charge on any atom is -0.393 e. The number of aromatic nitrogens is 1. The van der Waals surface area contributed by atoms with E-state index in [4.69, 9.17) is 0 Å². The standard InChI is InChI=1S/C51H57FN8O8S3/c1-35-48(51(62)53-34-70(65)66)49(50(56(35)2)36-11-13-38(52)14-12-36)37-7-6-8-42(31-37)59-29-27-58(28-30-59)41-17-15-39(16-18-41)55-71(67,68)45-19-20-46(47(32-45)60(63)64)54-40(33-69-44-9-4-3-5-10-44)21-24-57-25-22-43(61)23-26-57/h3-20,31-32,40,43,54-55,61H,21-30,33-34H2,1-2H3,(H,53,62)(H,65,66)/t40-/m1/s1. The van der Waals surface area contributed by atoms with Crippen molar-refractivity contribution in [2.45, 2.75) is 48.1 Å². The van der Waals surface area contributed by atoms with Gasteiger partial charge in [0.15, 0.2) is 11.1 Å². The molecule has 0 bridgehead atoms. The monoisotopic (exact) mass is 1020 g/mol. The summed E-state index contributed by atoms with van der Waals surface area (Å²) in [5, 5.41) is 28.3. The number of piperazine rings is 1. The van der Waals surface area contributed by atoms with Gasteiger partial charge in [0.1, 0.15) is 17.4 Å². The number of rotatable bonds is 19. The Bertz CT molecular complexity index is 2970. The van der Waals surface area contributed by atoms with E-state index in [1.807, 2.05) is 78.3 Å². The largest absolute Gasteiger partial charge is 0.393 e. The van der Waals surface area contributed by atoms with Gasteiger partial charge in [0.2, 0.25) is 0 Å². The molecular weight excluding hydrogens is 968 g/mol. The molecule has 2 aliphatic rings. The molecule has 2 atom stereocenters. The number of carbonyl (C=O) groups is 1. The number of nitro benzene ring substituents is 1. The Morgan fingerprint density at radius 2 is 1.55 bits per heavy atom. The van der Waals surface area contributed by atoms with E-state index in [0.717, 1.165) is 47.5 Å². The number of nitrogens with one attached hydrogen (secondary N) is 3. The van der Waals surface area contributed by atoms with Crippen LogP contribution in [0.15, 0.2) is 131 Å². The van der Waals surface area contributed by atoms with Crippen LogP contribution >= 0.6 is 11.8 Å². The quantitative estimate of drug-likeness (QED) is 0.0225. The SMILES string of the molecule is Cc1c(C(=O)NCS(=O)O)c(-c2cccc(N3CCN(c4ccc(NS(=O)(=O)c5ccc(N[C@H](CCN6CCC(O)CC6)CSc6ccccc6)c([N+](=O)[O-])c5)cc4)CC3)c2)c(-c2ccc(F)cc2)n1C. The first-order valence-corrected chi connectivity index (χ1v) is 27.1. The van der Waals surface area contributed by atoms with E-state index in [2.05, 4.69) is 30.1 Å². The maximum absolute atomic E-state index is 14.0. The summed E-state index contributed by atoms with van der Waals surface area (Å²) in [5.41, 5.74) is 5.70. The summed E-state index contributed by atoms with van der Waals surface area (Å²) in [6.07, 6.45) is 1.82. The lowest BCUT2D eigenvalue weighted by atomic mass is 9.96. The van der Waals surface area contributed by atoms with Crippen LogP contribution in [-0.2, 0) is 28.2 Å². The second-order valence-corrected chi connectivity index (χ2v) is 21.4. The molecule has 5 N–H and O–H groups in total. The van der Waals surface area contributed by atoms with Gasteiger partial charge in [0.05, 0.1) is 27.2 Å². The van der Waals surface area contributed by atoms with Crippen LogP contribution in [0.5, 0.6) is 0 Å². The molecule has 0 saturated carbocycles. The number of hydrogen-bond acceptors (Lipinski definition) is 12. The van der Waals surface area contributed by atoms with Crippen molar-refractivity contribution < 1.29 is 36.4 Å². The molecule has 0 aliphatic carbocycles. The van der Waals surface area contributed by atoms with Crippen molar-refractivity contribution in [2.75, 3.05) is 77.3 Å². The number of nitro groups is 1. The molecule has 0 radical (unpaired) electrons. The van der Waals surface area contributed by atoms with Crippen molar-refractivity contribution in [3.8, 4) is 22.4 Å². The molecule has 20 heteroatoms. The first-order chi connectivity index (χ1) is 34.1. The summed E-state index contributed by atoms with van der Waals surface area (Å²) in [6, 6.07) is 34.5. The van der Waals surface area contributed by atoms with Gasteiger partial charge in [-0.25, -0.2) is 17.0 Å². The molecule has 5 aromatic carbocycles. The second-order valence-electron chi connectivity index (χ2n) is 17.7. The van der Waals surface area contributed by atoms with Gasteiger partial charge < -0.3 is 39.6 Å². The van der Waals surface area contributed by atoms with E-state index in [0.29, 0.717) is 85.0 Å². The number of piperidine rings is 1. The highest BCUT2D eigenvalue weighted by Gasteiger charge is 2.28. The maximum Gasteiger partial charge on any atom is 0.293 e. The number of likely N-dealkylation sites (tertiary alicyclic amines) is 1. The van der Waals surface area contributed by atoms with Crippen LogP contribution in [0, 0.1) is 22.9 Å². The zero-order valence-electron chi connectivity index (χ0n) is 39.4. The molecule has 6 aromatic rings. The highest BCUT2D eigenvalue weighted by atomic mass is 32.2. The van der Waals surface area contributed by atoms with Gasteiger partial charge in [-0.05, 0) is 122 Å². The lowest BCUT2D eigenvalue weighted by molar-refractivity contribution is -0.384. The summed E-state index contributed by atoms with van der Waals surface area (Å²) >= 11 is -0.609. The molecule has 2 fully saturated rings. The van der Waals surface area contributed by atoms with Gasteiger partial charge >= 0.3 is 0 Å². The van der Waals surface area contributed by atoms with Crippen LogP contribution in [0.2, 0.25) is 0 Å². The lowest BCUT2D eigenvalue weighted by Crippen LogP contribution is -2.46. The minimum absolute atomic E-state index is 0.170. The smallest absolute Gasteiger partial charge is 0.293 e. The lowest BCUT2D eigenvalue weighted by Gasteiger charge is -2.37. The number of amides is 1. The number of hydrogen-bond donors (Lipinski definition) is 5. The number of aliphatic hydroxyl groups is 1. The molecule has 2 saturated heterocycles. The summed E-state index contributed by atoms with van der Waals surface area (Å²) in [7, 11) is -2.40. The number of nitrogens with zero attached hydrogens (tertiary/aromatic N) is 5. The van der Waals surface area contributed by atoms with Crippen molar-refractivity contribution >= 4 is 67.2 Å². The van der Waals surface area contributed by atoms with Gasteiger partial charge in [-0.1, -0.05) is 30.3 Å². The van der Waals surface area contributed by atoms with Crippen LogP contribution in [0.1, 0.15) is 35.3 Å². The highest BCUT2D eigenvalue weighted by Crippen LogP contribution is 2.40. The first kappa shape index (κ1) is 51.1. The third-order valence-corrected chi connectivity index (χ3v) is 16.0. The fourth-order valence-electron chi connectivity index (χ4n) is 9.12. The van der Waals surface area contributed by atoms with Gasteiger partial charge in [0, 0.05) is 104 Å². The van der Waals surface area contributed by atoms with Gasteiger partial charge in [-0.15, -0.1) is 11.8 Å². The fourth-order valence-corrected chi connectivity index (χ4v) is 11.4. The van der Waals surface area contributed by atoms with E-state index in [9.17, 15) is 41.6 Å². The molecule has 16 nitrogen and oxygen atoms in total. The van der Waals surface area contributed by atoms with Crippen LogP contribution in [-0.4, -0.2) is 112 Å². The number of halogens is 1. The molecule has 1 amide bonds. The topological polar surface area (TPSA) is 203 Å². The average Bonchev–Trinajstić information content (AvgIpc) is 3.64. The Morgan fingerprint density at radius 3 is 2.21 bits per heavy atom. The van der Waals surface area contributed by atoms with Crippen LogP contribution in [0.25, 0.3) is 22.4 Å². The van der Waals surface area contributed by atoms with E-state index >= 15 is 0 Å². The van der Waals surface area contributed by atoms with Crippen molar-refractivity contribution in [3.05, 3.63) is 149 Å². The van der Waals surface area contributed by atoms with Crippen LogP contribution in [0.4, 0.5) is 32.8 Å². The summed E-state index contributed by atoms with van der Waals surface area (Å²) in [6.45, 7) is 6.68. The third-order valence-electron chi connectivity index (χ3n) is 13.0. The molecule has 374 valence electrons. The summed E-state index contributed by atoms with van der Waals surface area (Å²) < 4.78 is 66.8. The molecule has 71 heavy (non-hydrogen) atoms. The Labute approximate surface area is 419 Å². The van der Waals surface area contributed by atoms with Crippen molar-refractivity contribution in [1.29, 1.82) is 0 Å². The number of benzene rings is 5. The Hall–Kier alpha value is -6.29. The maximum atomic E-state index is 14.0. The predicted octanol–water partition coefficient (Wildman–Crippen LogP) is 8.17. The molecular formula is C51H57FN8O8S3. The van der Waals surface area contributed by atoms with Gasteiger partial charge in [0.25, 0.3) is 21.6 Å². The number of carbonyl (C=O) groups excluding carboxylic acids is 1. The normalized spacial score (nSPS) is 15.6. The third kappa shape index (κ3) is 12.6. The Balaban J connectivity index is 0.928. The molecule has 3 heterocycles. The zero-order valence-corrected chi connectivity index (χ0v) is 41.8. The van der Waals surface area contributed by atoms with E-state index in [1.165, 1.54) is 24.3 Å². The fraction of sp³-hybridized carbons (Fsp3) is 0.314. The molecule has 2 aliphatic heterocycles. The van der Waals surface area contributed by atoms with Gasteiger partial charge in [-0.2, -0.15) is 0 Å². The second kappa shape index (κ2) is 22.9. The Kier molecular flexibility index (Phi) is 16.4. The molecule has 8 rings (SSSR count). The summed E-state index contributed by atoms with van der Waals surface area (Å²) in [5.74, 6) is -0.715. The van der Waals surface area contributed by atoms with Crippen LogP contribution in [0.3, 0.4) is 0 Å². The minimum atomic E-state index is -4.22. The first-order valence-electron chi connectivity index (χ1n) is 23.3. The highest BCUT2D eigenvalue weighted by molar-refractivity contribution is 7.99. The summed E-state index contributed by atoms with van der Waals surface area (Å²) in [4.78, 5) is 33.0. The predicted molar refractivity (Wildman–Crippen MR) is 280 cm³/mol. The molecule has 1 aromatic heterocycles. The van der Waals surface area contributed by atoms with Crippen LogP contribution < -0.4 is 25.2 Å². The number of aliphatic hydroxyl groups excluding tert-OH is 1. The zero-order chi connectivity index (χ0) is 50.2. The Morgan fingerprint density at radius 1 is 0.873 bits per heavy atom. The number of sulfonamides is 1. The van der Waals surface area contributed by atoms with E-state index in [-0.39, 0.29) is 28.4 Å². The van der Waals surface area contributed by atoms with Crippen molar-refractivity contribution in [2.24, 2.45) is 7.05 Å². The van der Waals surface area contributed by atoms with Gasteiger partial charge in [-0.3, -0.25) is 19.6 Å². The molecule has 0 spiro atoms. The number of anilines is 4. The van der Waals surface area contributed by atoms with E-state index in [1.54, 1.807) is 43.0 Å².